The lowest BCUT2D eigenvalue weighted by atomic mass is 10.1. The van der Waals surface area contributed by atoms with E-state index >= 15 is 0 Å². The van der Waals surface area contributed by atoms with Crippen LogP contribution in [-0.2, 0) is 35.4 Å². The highest BCUT2D eigenvalue weighted by Gasteiger charge is 2.44. The SMILES string of the molecule is CC(C)(C(=O)Nc1ccc(C(F)(F)F)cc1)S(=O)(=O)c1ccc(Cl)cc1.CC(C)(C(=O)Nc1nc(-c2ccc(Cl)cc2)cs1)S(=O)(=O)c1ccc(Cl)cc1. The van der Waals surface area contributed by atoms with Crippen LogP contribution in [0.5, 0.6) is 0 Å². The predicted molar refractivity (Wildman–Crippen MR) is 207 cm³/mol. The molecule has 0 aliphatic rings. The highest BCUT2D eigenvalue weighted by Crippen LogP contribution is 2.33. The molecule has 1 aromatic heterocycles. The fourth-order valence-corrected chi connectivity index (χ4v) is 8.27. The molecule has 4 aromatic carbocycles. The van der Waals surface area contributed by atoms with Crippen molar-refractivity contribution in [3.05, 3.63) is 123 Å². The predicted octanol–water partition coefficient (Wildman–Crippen LogP) is 9.86. The van der Waals surface area contributed by atoms with Gasteiger partial charge in [0.1, 0.15) is 9.49 Å². The lowest BCUT2D eigenvalue weighted by Crippen LogP contribution is -2.44. The molecule has 0 saturated heterocycles. The number of benzene rings is 4. The van der Waals surface area contributed by atoms with Gasteiger partial charge in [0, 0.05) is 31.7 Å². The van der Waals surface area contributed by atoms with E-state index in [-0.39, 0.29) is 15.5 Å². The summed E-state index contributed by atoms with van der Waals surface area (Å²) < 4.78 is 85.4. The second kappa shape index (κ2) is 16.4. The molecule has 0 spiro atoms. The summed E-state index contributed by atoms with van der Waals surface area (Å²) in [4.78, 5) is 29.5. The number of hydrogen-bond donors (Lipinski definition) is 2. The lowest BCUT2D eigenvalue weighted by Gasteiger charge is -2.24. The maximum atomic E-state index is 12.9. The summed E-state index contributed by atoms with van der Waals surface area (Å²) in [6.07, 6.45) is -4.50. The zero-order valence-electron chi connectivity index (χ0n) is 28.7. The molecule has 54 heavy (non-hydrogen) atoms. The molecule has 0 saturated carbocycles. The summed E-state index contributed by atoms with van der Waals surface area (Å²) in [5.41, 5.74) is 0.690. The van der Waals surface area contributed by atoms with Gasteiger partial charge in [-0.05, 0) is 113 Å². The average molecular weight is 861 g/mol. The number of nitrogens with one attached hydrogen (secondary N) is 2. The number of alkyl halides is 3. The summed E-state index contributed by atoms with van der Waals surface area (Å²) in [5.74, 6) is -1.54. The standard InChI is InChI=1S/C19H16Cl2N2O3S2.C17H15ClF3NO3S/c1-19(2,28(25,26)15-9-7-14(21)8-10-15)17(24)23-18-22-16(11-27-18)12-3-5-13(20)6-4-12;1-16(2,26(24,25)14-9-5-12(18)6-10-14)15(23)22-13-7-3-11(4-8-13)17(19,20)21/h3-11H,1-2H3,(H,22,23,24);3-10H,1-2H3,(H,22,23). The molecule has 0 atom stereocenters. The first kappa shape index (κ1) is 42.7. The molecule has 2 N–H and O–H groups in total. The molecule has 0 bridgehead atoms. The number of aromatic nitrogens is 1. The second-order valence-electron chi connectivity index (χ2n) is 12.5. The van der Waals surface area contributed by atoms with E-state index in [1.807, 2.05) is 12.1 Å². The smallest absolute Gasteiger partial charge is 0.325 e. The summed E-state index contributed by atoms with van der Waals surface area (Å²) >= 11 is 18.7. The van der Waals surface area contributed by atoms with Crippen molar-refractivity contribution in [3.63, 3.8) is 0 Å². The van der Waals surface area contributed by atoms with Crippen LogP contribution in [0.4, 0.5) is 24.0 Å². The first-order valence-corrected chi connectivity index (χ1v) is 20.5. The number of anilines is 2. The normalized spacial score (nSPS) is 12.3. The van der Waals surface area contributed by atoms with E-state index in [4.69, 9.17) is 34.8 Å². The van der Waals surface area contributed by atoms with Gasteiger partial charge in [-0.3, -0.25) is 9.59 Å². The van der Waals surface area contributed by atoms with Crippen LogP contribution in [0.3, 0.4) is 0 Å². The number of sulfone groups is 2. The molecule has 5 aromatic rings. The summed E-state index contributed by atoms with van der Waals surface area (Å²) in [6, 6.07) is 21.9. The van der Waals surface area contributed by atoms with E-state index in [0.717, 1.165) is 29.8 Å². The quantitative estimate of drug-likeness (QED) is 0.150. The topological polar surface area (TPSA) is 139 Å². The van der Waals surface area contributed by atoms with Gasteiger partial charge in [-0.25, -0.2) is 21.8 Å². The minimum Gasteiger partial charge on any atom is -0.325 e. The minimum absolute atomic E-state index is 0.0260. The van der Waals surface area contributed by atoms with Crippen molar-refractivity contribution in [1.82, 2.24) is 4.98 Å². The first-order chi connectivity index (χ1) is 25.0. The number of thiazole rings is 1. The summed E-state index contributed by atoms with van der Waals surface area (Å²) in [7, 11) is -7.99. The molecule has 0 fully saturated rings. The maximum absolute atomic E-state index is 12.9. The zero-order valence-corrected chi connectivity index (χ0v) is 33.4. The molecular formula is C36H31Cl3F3N3O6S3. The van der Waals surface area contributed by atoms with Crippen LogP contribution in [0.25, 0.3) is 11.3 Å². The van der Waals surface area contributed by atoms with Gasteiger partial charge in [0.25, 0.3) is 0 Å². The molecule has 9 nitrogen and oxygen atoms in total. The van der Waals surface area contributed by atoms with Gasteiger partial charge in [0.15, 0.2) is 24.8 Å². The Morgan fingerprint density at radius 2 is 1.00 bits per heavy atom. The Bertz CT molecular complexity index is 2350. The molecule has 5 rings (SSSR count). The van der Waals surface area contributed by atoms with E-state index in [9.17, 15) is 39.6 Å². The van der Waals surface area contributed by atoms with Crippen molar-refractivity contribution in [3.8, 4) is 11.3 Å². The van der Waals surface area contributed by atoms with E-state index in [1.54, 1.807) is 17.5 Å². The Hall–Kier alpha value is -3.99. The molecule has 1 heterocycles. The second-order valence-corrected chi connectivity index (χ2v) is 19.6. The van der Waals surface area contributed by atoms with Crippen LogP contribution in [0, 0.1) is 0 Å². The van der Waals surface area contributed by atoms with Gasteiger partial charge >= 0.3 is 6.18 Å². The largest absolute Gasteiger partial charge is 0.416 e. The molecule has 0 aliphatic heterocycles. The van der Waals surface area contributed by atoms with Gasteiger partial charge in [0.2, 0.25) is 11.8 Å². The van der Waals surface area contributed by atoms with Crippen molar-refractivity contribution < 1.29 is 39.6 Å². The molecule has 18 heteroatoms. The van der Waals surface area contributed by atoms with Gasteiger partial charge in [-0.15, -0.1) is 11.3 Å². The number of amides is 2. The Balaban J connectivity index is 0.000000241. The van der Waals surface area contributed by atoms with Gasteiger partial charge < -0.3 is 10.6 Å². The number of carbonyl (C=O) groups is 2. The van der Waals surface area contributed by atoms with Crippen LogP contribution in [0.2, 0.25) is 15.1 Å². The Kier molecular flexibility index (Phi) is 13.0. The Morgan fingerprint density at radius 1 is 0.611 bits per heavy atom. The van der Waals surface area contributed by atoms with Gasteiger partial charge in [-0.1, -0.05) is 46.9 Å². The highest BCUT2D eigenvalue weighted by molar-refractivity contribution is 7.94. The van der Waals surface area contributed by atoms with Crippen molar-refractivity contribution in [1.29, 1.82) is 0 Å². The molecule has 0 radical (unpaired) electrons. The molecule has 2 amide bonds. The summed E-state index contributed by atoms with van der Waals surface area (Å²) in [5, 5.41) is 8.41. The van der Waals surface area contributed by atoms with Crippen LogP contribution >= 0.6 is 46.1 Å². The Labute approximate surface area is 329 Å². The maximum Gasteiger partial charge on any atom is 0.416 e. The van der Waals surface area contributed by atoms with Crippen molar-refractivity contribution >= 4 is 88.4 Å². The number of hydrogen-bond acceptors (Lipinski definition) is 8. The molecule has 0 aliphatic carbocycles. The van der Waals surface area contributed by atoms with Gasteiger partial charge in [0.05, 0.1) is 21.0 Å². The van der Waals surface area contributed by atoms with E-state index in [0.29, 0.717) is 25.9 Å². The van der Waals surface area contributed by atoms with E-state index < -0.39 is 52.7 Å². The molecular weight excluding hydrogens is 830 g/mol. The number of carbonyl (C=O) groups excluding carboxylic acids is 2. The van der Waals surface area contributed by atoms with Crippen molar-refractivity contribution in [2.45, 2.75) is 53.2 Å². The van der Waals surface area contributed by atoms with Crippen LogP contribution in [-0.4, -0.2) is 43.1 Å². The third kappa shape index (κ3) is 9.62. The van der Waals surface area contributed by atoms with Gasteiger partial charge in [-0.2, -0.15) is 13.2 Å². The monoisotopic (exact) mass is 859 g/mol. The van der Waals surface area contributed by atoms with E-state index in [2.05, 4.69) is 15.6 Å². The minimum atomic E-state index is -4.50. The van der Waals surface area contributed by atoms with Crippen LogP contribution in [0.15, 0.2) is 112 Å². The van der Waals surface area contributed by atoms with Crippen LogP contribution < -0.4 is 10.6 Å². The molecule has 0 unspecified atom stereocenters. The fraction of sp³-hybridized carbons (Fsp3) is 0.194. The summed E-state index contributed by atoms with van der Waals surface area (Å²) in [6.45, 7) is 5.16. The number of rotatable bonds is 9. The first-order valence-electron chi connectivity index (χ1n) is 15.5. The van der Waals surface area contributed by atoms with E-state index in [1.165, 1.54) is 87.6 Å². The Morgan fingerprint density at radius 3 is 1.41 bits per heavy atom. The van der Waals surface area contributed by atoms with Crippen LogP contribution in [0.1, 0.15) is 33.3 Å². The average Bonchev–Trinajstić information content (AvgIpc) is 3.57. The lowest BCUT2D eigenvalue weighted by molar-refractivity contribution is -0.137. The number of halogens is 6. The number of nitrogens with zero attached hydrogens (tertiary/aromatic N) is 1. The van der Waals surface area contributed by atoms with Crippen molar-refractivity contribution in [2.24, 2.45) is 0 Å². The highest BCUT2D eigenvalue weighted by atomic mass is 35.5. The fourth-order valence-electron chi connectivity index (χ4n) is 4.42. The zero-order chi connectivity index (χ0) is 40.3. The molecule has 286 valence electrons. The third-order valence-electron chi connectivity index (χ3n) is 8.02. The third-order valence-corrected chi connectivity index (χ3v) is 14.4. The van der Waals surface area contributed by atoms with Crippen molar-refractivity contribution in [2.75, 3.05) is 10.6 Å².